The molecule has 0 atom stereocenters. The third kappa shape index (κ3) is 6.28. The Kier molecular flexibility index (Phi) is 9.37. The number of aryl methyl sites for hydroxylation is 11. The molecule has 0 heterocycles. The van der Waals surface area contributed by atoms with Crippen LogP contribution >= 0.6 is 0 Å². The maximum Gasteiger partial charge on any atom is 0.0493 e. The second-order valence-corrected chi connectivity index (χ2v) is 19.8. The van der Waals surface area contributed by atoms with Crippen molar-refractivity contribution >= 4 is 34.1 Å². The van der Waals surface area contributed by atoms with Crippen LogP contribution in [-0.2, 0) is 10.8 Å². The molecule has 2 nitrogen and oxygen atoms in total. The van der Waals surface area contributed by atoms with Crippen LogP contribution in [0.3, 0.4) is 0 Å². The number of hydrogen-bond donors (Lipinski definition) is 0. The quantitative estimate of drug-likeness (QED) is 0.165. The first kappa shape index (κ1) is 40.5. The lowest BCUT2D eigenvalue weighted by molar-refractivity contribution is 0.652. The van der Waals surface area contributed by atoms with Gasteiger partial charge in [-0.05, 0) is 249 Å². The zero-order valence-corrected chi connectivity index (χ0v) is 39.2. The van der Waals surface area contributed by atoms with E-state index in [-0.39, 0.29) is 10.8 Å². The van der Waals surface area contributed by atoms with Crippen LogP contribution in [0.1, 0.15) is 111 Å². The second kappa shape index (κ2) is 14.1. The third-order valence-corrected chi connectivity index (χ3v) is 14.7. The van der Waals surface area contributed by atoms with E-state index in [9.17, 15) is 0 Å². The van der Waals surface area contributed by atoms with Gasteiger partial charge in [0.2, 0.25) is 0 Å². The maximum absolute atomic E-state index is 2.57. The first-order valence-corrected chi connectivity index (χ1v) is 22.2. The highest BCUT2D eigenvalue weighted by molar-refractivity contribution is 5.95. The molecule has 0 aliphatic heterocycles. The van der Waals surface area contributed by atoms with Crippen LogP contribution < -0.4 is 9.80 Å². The largest absolute Gasteiger partial charge is 0.310 e. The molecular weight excluding hydrogens is 737 g/mol. The molecule has 61 heavy (non-hydrogen) atoms. The molecule has 0 aromatic heterocycles. The molecule has 0 saturated carbocycles. The van der Waals surface area contributed by atoms with Gasteiger partial charge < -0.3 is 9.80 Å². The molecule has 0 saturated heterocycles. The molecule has 0 spiro atoms. The monoisotopic (exact) mass is 798 g/mol. The molecule has 0 fully saturated rings. The lowest BCUT2D eigenvalue weighted by atomic mass is 9.79. The minimum absolute atomic E-state index is 0.195. The molecule has 0 N–H and O–H groups in total. The highest BCUT2D eigenvalue weighted by Gasteiger charge is 2.43. The fourth-order valence-electron chi connectivity index (χ4n) is 10.6. The number of rotatable bonds is 6. The predicted molar refractivity (Wildman–Crippen MR) is 263 cm³/mol. The number of fused-ring (bicyclic) bond motifs is 6. The molecule has 7 aromatic rings. The van der Waals surface area contributed by atoms with Gasteiger partial charge in [0.05, 0.1) is 0 Å². The zero-order chi connectivity index (χ0) is 43.6. The minimum Gasteiger partial charge on any atom is -0.310 e. The van der Waals surface area contributed by atoms with Crippen LogP contribution in [0.4, 0.5) is 34.1 Å². The van der Waals surface area contributed by atoms with E-state index in [4.69, 9.17) is 0 Å². The molecule has 2 aliphatic rings. The molecule has 0 amide bonds. The SMILES string of the molecule is Cc1ccc(N(c2cc(C)c3c(c2)C(C)(C)c2cc4c(cc2-3)C(C)(C)c2cc(N(c3ccc(C)c(C)c3)c3cc(C)c(C)cc3C)cc(C)c2-4)c2cc(C)c(C)cc2C)cc1. The Balaban J connectivity index is 1.20. The van der Waals surface area contributed by atoms with Gasteiger partial charge in [-0.15, -0.1) is 0 Å². The van der Waals surface area contributed by atoms with Gasteiger partial charge in [-0.25, -0.2) is 0 Å². The number of hydrogen-bond acceptors (Lipinski definition) is 2. The smallest absolute Gasteiger partial charge is 0.0493 e. The molecular formula is C59H62N2. The second-order valence-electron chi connectivity index (χ2n) is 19.8. The van der Waals surface area contributed by atoms with Crippen molar-refractivity contribution in [2.24, 2.45) is 0 Å². The summed E-state index contributed by atoms with van der Waals surface area (Å²) in [4.78, 5) is 4.98. The van der Waals surface area contributed by atoms with Crippen LogP contribution in [-0.4, -0.2) is 0 Å². The summed E-state index contributed by atoms with van der Waals surface area (Å²) in [6.45, 7) is 34.4. The minimum atomic E-state index is -0.197. The Morgan fingerprint density at radius 1 is 0.295 bits per heavy atom. The van der Waals surface area contributed by atoms with Gasteiger partial charge in [0.25, 0.3) is 0 Å². The Morgan fingerprint density at radius 2 is 0.672 bits per heavy atom. The van der Waals surface area contributed by atoms with Crippen molar-refractivity contribution < 1.29 is 0 Å². The van der Waals surface area contributed by atoms with Crippen LogP contribution in [0.15, 0.2) is 103 Å². The van der Waals surface area contributed by atoms with Crippen molar-refractivity contribution in [3.05, 3.63) is 187 Å². The van der Waals surface area contributed by atoms with Crippen molar-refractivity contribution in [2.45, 2.75) is 115 Å². The number of nitrogens with zero attached hydrogens (tertiary/aromatic N) is 2. The molecule has 2 aliphatic carbocycles. The van der Waals surface area contributed by atoms with Gasteiger partial charge in [0, 0.05) is 45.0 Å². The van der Waals surface area contributed by atoms with Crippen molar-refractivity contribution in [3.63, 3.8) is 0 Å². The Hall–Kier alpha value is -5.86. The van der Waals surface area contributed by atoms with E-state index < -0.39 is 0 Å². The highest BCUT2D eigenvalue weighted by Crippen LogP contribution is 2.59. The normalized spacial score (nSPS) is 14.1. The van der Waals surface area contributed by atoms with Gasteiger partial charge in [-0.1, -0.05) is 63.6 Å². The summed E-state index contributed by atoms with van der Waals surface area (Å²) in [5.41, 5.74) is 32.4. The van der Waals surface area contributed by atoms with E-state index >= 15 is 0 Å². The summed E-state index contributed by atoms with van der Waals surface area (Å²) < 4.78 is 0. The Labute approximate surface area is 365 Å². The van der Waals surface area contributed by atoms with E-state index in [0.717, 1.165) is 0 Å². The average Bonchev–Trinajstić information content (AvgIpc) is 3.56. The van der Waals surface area contributed by atoms with Crippen LogP contribution in [0.5, 0.6) is 0 Å². The topological polar surface area (TPSA) is 6.48 Å². The predicted octanol–water partition coefficient (Wildman–Crippen LogP) is 16.6. The Bertz CT molecular complexity index is 2970. The fraction of sp³-hybridized carbons (Fsp3) is 0.288. The summed E-state index contributed by atoms with van der Waals surface area (Å²) in [6.07, 6.45) is 0. The zero-order valence-electron chi connectivity index (χ0n) is 39.2. The van der Waals surface area contributed by atoms with Gasteiger partial charge in [-0.3, -0.25) is 0 Å². The van der Waals surface area contributed by atoms with Crippen LogP contribution in [0, 0.1) is 76.2 Å². The first-order chi connectivity index (χ1) is 28.8. The van der Waals surface area contributed by atoms with Crippen molar-refractivity contribution in [2.75, 3.05) is 9.80 Å². The van der Waals surface area contributed by atoms with Gasteiger partial charge in [0.15, 0.2) is 0 Å². The fourth-order valence-corrected chi connectivity index (χ4v) is 10.6. The molecule has 308 valence electrons. The summed E-state index contributed by atoms with van der Waals surface area (Å²) >= 11 is 0. The third-order valence-electron chi connectivity index (χ3n) is 14.7. The molecule has 2 heteroatoms. The van der Waals surface area contributed by atoms with Crippen LogP contribution in [0.2, 0.25) is 0 Å². The molecule has 0 bridgehead atoms. The molecule has 0 radical (unpaired) electrons. The number of anilines is 6. The summed E-state index contributed by atoms with van der Waals surface area (Å²) in [7, 11) is 0. The van der Waals surface area contributed by atoms with Crippen molar-refractivity contribution in [1.29, 1.82) is 0 Å². The molecule has 0 unspecified atom stereocenters. The standard InChI is InChI=1S/C59H62N2/c1-33-16-19-44(20-17-33)60(54-27-38(6)35(3)22-40(54)8)46-25-42(10)56-48-31-51-49(32-50(48)58(12,13)52(56)29-46)57-43(11)26-47(30-53(57)59(51,14)15)61(45-21-18-34(2)37(5)24-45)55-28-39(7)36(4)23-41(55)9/h16-32H,1-15H3. The number of benzene rings is 7. The van der Waals surface area contributed by atoms with Crippen LogP contribution in [0.25, 0.3) is 22.3 Å². The maximum atomic E-state index is 2.57. The molecule has 7 aromatic carbocycles. The van der Waals surface area contributed by atoms with Gasteiger partial charge in [0.1, 0.15) is 0 Å². The summed E-state index contributed by atoms with van der Waals surface area (Å²) in [5.74, 6) is 0. The van der Waals surface area contributed by atoms with Crippen molar-refractivity contribution in [3.8, 4) is 22.3 Å². The van der Waals surface area contributed by atoms with Gasteiger partial charge >= 0.3 is 0 Å². The average molecular weight is 799 g/mol. The summed E-state index contributed by atoms with van der Waals surface area (Å²) in [5, 5.41) is 0. The highest BCUT2D eigenvalue weighted by atomic mass is 15.2. The first-order valence-electron chi connectivity index (χ1n) is 22.2. The van der Waals surface area contributed by atoms with Gasteiger partial charge in [-0.2, -0.15) is 0 Å². The van der Waals surface area contributed by atoms with E-state index in [2.05, 4.69) is 217 Å². The van der Waals surface area contributed by atoms with Crippen molar-refractivity contribution in [1.82, 2.24) is 0 Å². The van der Waals surface area contributed by atoms with E-state index in [1.54, 1.807) is 0 Å². The van der Waals surface area contributed by atoms with E-state index in [1.165, 1.54) is 140 Å². The Morgan fingerprint density at radius 3 is 1.11 bits per heavy atom. The van der Waals surface area contributed by atoms with E-state index in [1.807, 2.05) is 0 Å². The molecule has 9 rings (SSSR count). The summed E-state index contributed by atoms with van der Waals surface area (Å²) in [6, 6.07) is 40.4. The van der Waals surface area contributed by atoms with E-state index in [0.29, 0.717) is 0 Å². The lowest BCUT2D eigenvalue weighted by Gasteiger charge is -2.31. The lowest BCUT2D eigenvalue weighted by Crippen LogP contribution is -2.18.